The van der Waals surface area contributed by atoms with Crippen LogP contribution in [0.4, 0.5) is 0 Å². The predicted octanol–water partition coefficient (Wildman–Crippen LogP) is 4.20. The summed E-state index contributed by atoms with van der Waals surface area (Å²) in [6, 6.07) is 13.4. The number of hydrogen-bond donors (Lipinski definition) is 1. The molecule has 21 heavy (non-hydrogen) atoms. The van der Waals surface area contributed by atoms with Crippen LogP contribution in [0.3, 0.4) is 0 Å². The van der Waals surface area contributed by atoms with Crippen molar-refractivity contribution in [3.8, 4) is 5.75 Å². The van der Waals surface area contributed by atoms with Crippen molar-refractivity contribution in [2.45, 2.75) is 25.8 Å². The van der Waals surface area contributed by atoms with Crippen molar-refractivity contribution in [2.24, 2.45) is 0 Å². The highest BCUT2D eigenvalue weighted by Gasteiger charge is 2.20. The lowest BCUT2D eigenvalue weighted by atomic mass is 9.96. The van der Waals surface area contributed by atoms with Crippen molar-refractivity contribution in [1.82, 2.24) is 5.32 Å². The molecule has 1 atom stereocenters. The molecule has 0 aliphatic carbocycles. The van der Waals surface area contributed by atoms with Crippen LogP contribution in [0.15, 0.2) is 40.9 Å². The first-order valence-corrected chi connectivity index (χ1v) is 8.14. The average molecular weight is 346 g/mol. The molecule has 1 unspecified atom stereocenters. The highest BCUT2D eigenvalue weighted by atomic mass is 79.9. The van der Waals surface area contributed by atoms with E-state index in [4.69, 9.17) is 4.74 Å². The van der Waals surface area contributed by atoms with Gasteiger partial charge >= 0.3 is 0 Å². The van der Waals surface area contributed by atoms with Crippen LogP contribution in [-0.2, 0) is 12.8 Å². The molecular weight excluding hydrogens is 326 g/mol. The van der Waals surface area contributed by atoms with Crippen LogP contribution < -0.4 is 10.1 Å². The number of halogens is 1. The number of ether oxygens (including phenoxy) is 1. The summed E-state index contributed by atoms with van der Waals surface area (Å²) in [5.74, 6) is 1.09. The first kappa shape index (κ1) is 14.6. The third kappa shape index (κ3) is 3.14. The van der Waals surface area contributed by atoms with Crippen molar-refractivity contribution < 1.29 is 4.74 Å². The molecule has 1 N–H and O–H groups in total. The van der Waals surface area contributed by atoms with Crippen molar-refractivity contribution in [3.63, 3.8) is 0 Å². The second-order valence-electron chi connectivity index (χ2n) is 5.61. The number of nitrogens with one attached hydrogen (secondary N) is 1. The predicted molar refractivity (Wildman–Crippen MR) is 90.0 cm³/mol. The minimum Gasteiger partial charge on any atom is -0.493 e. The Bertz CT molecular complexity index is 636. The van der Waals surface area contributed by atoms with E-state index in [1.54, 1.807) is 0 Å². The number of aryl methyl sites for hydroxylation is 1. The van der Waals surface area contributed by atoms with E-state index in [2.05, 4.69) is 64.6 Å². The number of likely N-dealkylation sites (N-methyl/N-ethyl adjacent to an activating group) is 1. The lowest BCUT2D eigenvalue weighted by molar-refractivity contribution is 0.352. The molecule has 2 nitrogen and oxygen atoms in total. The smallest absolute Gasteiger partial charge is 0.125 e. The zero-order valence-electron chi connectivity index (χ0n) is 12.4. The molecule has 0 saturated heterocycles. The van der Waals surface area contributed by atoms with Crippen LogP contribution in [-0.4, -0.2) is 13.7 Å². The molecular formula is C18H20BrNO. The Morgan fingerprint density at radius 3 is 2.71 bits per heavy atom. The van der Waals surface area contributed by atoms with Gasteiger partial charge in [-0.15, -0.1) is 0 Å². The summed E-state index contributed by atoms with van der Waals surface area (Å²) < 4.78 is 6.98. The third-order valence-corrected chi connectivity index (χ3v) is 4.54. The Kier molecular flexibility index (Phi) is 4.32. The van der Waals surface area contributed by atoms with Crippen molar-refractivity contribution in [2.75, 3.05) is 13.7 Å². The van der Waals surface area contributed by atoms with Gasteiger partial charge in [-0.2, -0.15) is 0 Å². The molecule has 0 fully saturated rings. The molecule has 3 heteroatoms. The molecule has 1 heterocycles. The van der Waals surface area contributed by atoms with Gasteiger partial charge in [0.1, 0.15) is 5.75 Å². The fourth-order valence-corrected chi connectivity index (χ4v) is 3.46. The maximum absolute atomic E-state index is 5.84. The summed E-state index contributed by atoms with van der Waals surface area (Å²) in [5.41, 5.74) is 5.20. The van der Waals surface area contributed by atoms with E-state index < -0.39 is 0 Å². The van der Waals surface area contributed by atoms with Gasteiger partial charge in [-0.3, -0.25) is 0 Å². The Morgan fingerprint density at radius 1 is 1.24 bits per heavy atom. The van der Waals surface area contributed by atoms with Crippen LogP contribution in [0.2, 0.25) is 0 Å². The highest BCUT2D eigenvalue weighted by molar-refractivity contribution is 9.10. The number of benzene rings is 2. The molecule has 1 aliphatic rings. The van der Waals surface area contributed by atoms with E-state index >= 15 is 0 Å². The Labute approximate surface area is 134 Å². The van der Waals surface area contributed by atoms with Crippen LogP contribution in [0, 0.1) is 6.92 Å². The third-order valence-electron chi connectivity index (χ3n) is 4.08. The van der Waals surface area contributed by atoms with Crippen molar-refractivity contribution >= 4 is 15.9 Å². The Balaban J connectivity index is 1.89. The summed E-state index contributed by atoms with van der Waals surface area (Å²) in [5, 5.41) is 3.43. The molecule has 2 aromatic carbocycles. The van der Waals surface area contributed by atoms with Crippen LogP contribution >= 0.6 is 15.9 Å². The zero-order chi connectivity index (χ0) is 14.8. The molecule has 0 radical (unpaired) electrons. The molecule has 1 aliphatic heterocycles. The molecule has 2 aromatic rings. The van der Waals surface area contributed by atoms with Gasteiger partial charge in [-0.1, -0.05) is 45.8 Å². The van der Waals surface area contributed by atoms with Gasteiger partial charge in [-0.25, -0.2) is 0 Å². The minimum atomic E-state index is 0.299. The molecule has 0 spiro atoms. The minimum absolute atomic E-state index is 0.299. The molecule has 3 rings (SSSR count). The van der Waals surface area contributed by atoms with Crippen LogP contribution in [0.25, 0.3) is 0 Å². The molecule has 0 bridgehead atoms. The van der Waals surface area contributed by atoms with Crippen LogP contribution in [0.5, 0.6) is 5.75 Å². The molecule has 0 saturated carbocycles. The van der Waals surface area contributed by atoms with Gasteiger partial charge in [0.25, 0.3) is 0 Å². The first-order valence-electron chi connectivity index (χ1n) is 7.35. The maximum Gasteiger partial charge on any atom is 0.125 e. The second-order valence-corrected chi connectivity index (χ2v) is 6.52. The van der Waals surface area contributed by atoms with Gasteiger partial charge in [0.2, 0.25) is 0 Å². The maximum atomic E-state index is 5.84. The second kappa shape index (κ2) is 6.20. The van der Waals surface area contributed by atoms with E-state index in [1.807, 2.05) is 7.05 Å². The van der Waals surface area contributed by atoms with Crippen molar-refractivity contribution in [1.29, 1.82) is 0 Å². The largest absolute Gasteiger partial charge is 0.493 e. The van der Waals surface area contributed by atoms with Gasteiger partial charge < -0.3 is 10.1 Å². The zero-order valence-corrected chi connectivity index (χ0v) is 14.0. The number of fused-ring (bicyclic) bond motifs is 1. The standard InChI is InChI=1S/C18H20BrNO/c1-12-3-5-13(6-4-12)17(20-2)11-15-10-16(19)9-14-7-8-21-18(14)15/h3-6,9-10,17,20H,7-8,11H2,1-2H3. The Morgan fingerprint density at radius 2 is 2.00 bits per heavy atom. The SMILES string of the molecule is CNC(Cc1cc(Br)cc2c1OCC2)c1ccc(C)cc1. The normalized spacial score (nSPS) is 14.6. The van der Waals surface area contributed by atoms with Gasteiger partial charge in [0.15, 0.2) is 0 Å². The van der Waals surface area contributed by atoms with Gasteiger partial charge in [0, 0.05) is 16.9 Å². The fourth-order valence-electron chi connectivity index (χ4n) is 2.90. The van der Waals surface area contributed by atoms with E-state index in [1.165, 1.54) is 22.3 Å². The first-order chi connectivity index (χ1) is 10.2. The van der Waals surface area contributed by atoms with Gasteiger partial charge in [-0.05, 0) is 49.2 Å². The summed E-state index contributed by atoms with van der Waals surface area (Å²) in [7, 11) is 2.02. The van der Waals surface area contributed by atoms with E-state index in [9.17, 15) is 0 Å². The van der Waals surface area contributed by atoms with E-state index in [-0.39, 0.29) is 0 Å². The summed E-state index contributed by atoms with van der Waals surface area (Å²) in [6.45, 7) is 2.92. The van der Waals surface area contributed by atoms with E-state index in [0.29, 0.717) is 6.04 Å². The summed E-state index contributed by atoms with van der Waals surface area (Å²) in [4.78, 5) is 0. The Hall–Kier alpha value is -1.32. The average Bonchev–Trinajstić information content (AvgIpc) is 2.94. The molecule has 110 valence electrons. The van der Waals surface area contributed by atoms with Crippen LogP contribution in [0.1, 0.15) is 28.3 Å². The summed E-state index contributed by atoms with van der Waals surface area (Å²) in [6.07, 6.45) is 1.94. The fraction of sp³-hybridized carbons (Fsp3) is 0.333. The monoisotopic (exact) mass is 345 g/mol. The number of rotatable bonds is 4. The van der Waals surface area contributed by atoms with Gasteiger partial charge in [0.05, 0.1) is 6.61 Å². The molecule has 0 amide bonds. The van der Waals surface area contributed by atoms with E-state index in [0.717, 1.165) is 29.7 Å². The number of hydrogen-bond acceptors (Lipinski definition) is 2. The quantitative estimate of drug-likeness (QED) is 0.896. The van der Waals surface area contributed by atoms with Crippen molar-refractivity contribution in [3.05, 3.63) is 63.1 Å². The highest BCUT2D eigenvalue weighted by Crippen LogP contribution is 2.35. The topological polar surface area (TPSA) is 21.3 Å². The summed E-state index contributed by atoms with van der Waals surface area (Å²) >= 11 is 3.62. The lowest BCUT2D eigenvalue weighted by Crippen LogP contribution is -2.19. The lowest BCUT2D eigenvalue weighted by Gasteiger charge is -2.19. The molecule has 0 aromatic heterocycles.